The number of methoxy groups -OCH3 is 1. The van der Waals surface area contributed by atoms with Gasteiger partial charge in [-0.3, -0.25) is 4.68 Å². The van der Waals surface area contributed by atoms with Gasteiger partial charge in [-0.25, -0.2) is 0 Å². The number of aryl methyl sites for hydroxylation is 1. The van der Waals surface area contributed by atoms with E-state index in [1.165, 1.54) is 0 Å². The van der Waals surface area contributed by atoms with Crippen molar-refractivity contribution in [3.8, 4) is 5.75 Å². The standard InChI is InChI=1S/C14H17BrN4O2/c1-8-13(15)9(2)19(17-8)7-10-4-5-11(14(16)18-20)12(6-10)21-3/h4-6,20H,7H2,1-3H3,(H2,16,18). The van der Waals surface area contributed by atoms with Crippen molar-refractivity contribution in [3.63, 3.8) is 0 Å². The van der Waals surface area contributed by atoms with Crippen LogP contribution in [0.4, 0.5) is 0 Å². The largest absolute Gasteiger partial charge is 0.496 e. The minimum atomic E-state index is 0.0206. The molecule has 0 saturated heterocycles. The van der Waals surface area contributed by atoms with Crippen molar-refractivity contribution < 1.29 is 9.94 Å². The fourth-order valence-electron chi connectivity index (χ4n) is 2.10. The van der Waals surface area contributed by atoms with E-state index in [9.17, 15) is 0 Å². The van der Waals surface area contributed by atoms with E-state index in [1.54, 1.807) is 13.2 Å². The molecule has 0 unspecified atom stereocenters. The van der Waals surface area contributed by atoms with Crippen LogP contribution >= 0.6 is 15.9 Å². The maximum Gasteiger partial charge on any atom is 0.173 e. The number of halogens is 1. The van der Waals surface area contributed by atoms with E-state index >= 15 is 0 Å². The Kier molecular flexibility index (Phi) is 4.52. The molecule has 0 aliphatic carbocycles. The third kappa shape index (κ3) is 3.02. The fraction of sp³-hybridized carbons (Fsp3) is 0.286. The van der Waals surface area contributed by atoms with Gasteiger partial charge in [-0.1, -0.05) is 11.2 Å². The van der Waals surface area contributed by atoms with E-state index in [-0.39, 0.29) is 5.84 Å². The molecule has 2 rings (SSSR count). The number of nitrogens with two attached hydrogens (primary N) is 1. The summed E-state index contributed by atoms with van der Waals surface area (Å²) in [7, 11) is 1.55. The fourth-order valence-corrected chi connectivity index (χ4v) is 2.39. The van der Waals surface area contributed by atoms with Crippen LogP contribution in [0.1, 0.15) is 22.5 Å². The molecule has 6 nitrogen and oxygen atoms in total. The third-order valence-electron chi connectivity index (χ3n) is 3.28. The molecule has 0 radical (unpaired) electrons. The zero-order chi connectivity index (χ0) is 15.6. The lowest BCUT2D eigenvalue weighted by molar-refractivity contribution is 0.318. The first-order chi connectivity index (χ1) is 9.97. The Hall–Kier alpha value is -2.02. The summed E-state index contributed by atoms with van der Waals surface area (Å²) < 4.78 is 8.23. The van der Waals surface area contributed by atoms with E-state index in [2.05, 4.69) is 26.2 Å². The van der Waals surface area contributed by atoms with Crippen LogP contribution < -0.4 is 10.5 Å². The van der Waals surface area contributed by atoms with Gasteiger partial charge in [-0.15, -0.1) is 0 Å². The van der Waals surface area contributed by atoms with Crippen LogP contribution in [0.15, 0.2) is 27.8 Å². The van der Waals surface area contributed by atoms with Gasteiger partial charge in [-0.2, -0.15) is 5.10 Å². The number of amidine groups is 1. The summed E-state index contributed by atoms with van der Waals surface area (Å²) >= 11 is 3.51. The van der Waals surface area contributed by atoms with Crippen LogP contribution in [0.3, 0.4) is 0 Å². The van der Waals surface area contributed by atoms with Gasteiger partial charge in [0.05, 0.1) is 35.1 Å². The van der Waals surface area contributed by atoms with Gasteiger partial charge in [-0.05, 0) is 47.5 Å². The molecular weight excluding hydrogens is 336 g/mol. The van der Waals surface area contributed by atoms with Crippen LogP contribution in [0.2, 0.25) is 0 Å². The third-order valence-corrected chi connectivity index (χ3v) is 4.42. The number of nitrogens with zero attached hydrogens (tertiary/aromatic N) is 3. The molecule has 1 heterocycles. The van der Waals surface area contributed by atoms with Crippen molar-refractivity contribution in [3.05, 3.63) is 45.2 Å². The lowest BCUT2D eigenvalue weighted by Gasteiger charge is -2.10. The van der Waals surface area contributed by atoms with E-state index in [0.717, 1.165) is 21.4 Å². The minimum Gasteiger partial charge on any atom is -0.496 e. The molecule has 3 N–H and O–H groups in total. The summed E-state index contributed by atoms with van der Waals surface area (Å²) in [6.07, 6.45) is 0. The molecule has 0 amide bonds. The van der Waals surface area contributed by atoms with Gasteiger partial charge in [0.15, 0.2) is 5.84 Å². The summed E-state index contributed by atoms with van der Waals surface area (Å²) in [5.74, 6) is 0.579. The Balaban J connectivity index is 2.35. The number of oxime groups is 1. The van der Waals surface area contributed by atoms with Gasteiger partial charge >= 0.3 is 0 Å². The Labute approximate surface area is 131 Å². The number of rotatable bonds is 4. The number of hydrogen-bond acceptors (Lipinski definition) is 4. The first-order valence-corrected chi connectivity index (χ1v) is 7.11. The second-order valence-corrected chi connectivity index (χ2v) is 5.46. The lowest BCUT2D eigenvalue weighted by atomic mass is 10.1. The lowest BCUT2D eigenvalue weighted by Crippen LogP contribution is -2.15. The number of aromatic nitrogens is 2. The first kappa shape index (κ1) is 15.4. The highest BCUT2D eigenvalue weighted by Gasteiger charge is 2.12. The highest BCUT2D eigenvalue weighted by molar-refractivity contribution is 9.10. The number of ether oxygens (including phenoxy) is 1. The van der Waals surface area contributed by atoms with Crippen molar-refractivity contribution in [2.24, 2.45) is 10.9 Å². The summed E-state index contributed by atoms with van der Waals surface area (Å²) in [6.45, 7) is 4.58. The highest BCUT2D eigenvalue weighted by atomic mass is 79.9. The maximum absolute atomic E-state index is 8.77. The first-order valence-electron chi connectivity index (χ1n) is 6.32. The quantitative estimate of drug-likeness (QED) is 0.383. The predicted molar refractivity (Wildman–Crippen MR) is 84.0 cm³/mol. The molecule has 1 aromatic heterocycles. The number of hydrogen-bond donors (Lipinski definition) is 2. The molecule has 2 aromatic rings. The second-order valence-electron chi connectivity index (χ2n) is 4.66. The molecule has 0 spiro atoms. The smallest absolute Gasteiger partial charge is 0.173 e. The topological polar surface area (TPSA) is 85.7 Å². The maximum atomic E-state index is 8.77. The van der Waals surface area contributed by atoms with E-state index in [1.807, 2.05) is 30.7 Å². The van der Waals surface area contributed by atoms with Gasteiger partial charge in [0.1, 0.15) is 5.75 Å². The second kappa shape index (κ2) is 6.17. The van der Waals surface area contributed by atoms with Crippen LogP contribution in [-0.4, -0.2) is 27.9 Å². The van der Waals surface area contributed by atoms with Crippen LogP contribution in [0.25, 0.3) is 0 Å². The van der Waals surface area contributed by atoms with Crippen LogP contribution in [-0.2, 0) is 6.54 Å². The highest BCUT2D eigenvalue weighted by Crippen LogP contribution is 2.23. The molecule has 0 aliphatic rings. The molecular formula is C14H17BrN4O2. The van der Waals surface area contributed by atoms with Crippen LogP contribution in [0.5, 0.6) is 5.75 Å². The Morgan fingerprint density at radius 3 is 2.71 bits per heavy atom. The average Bonchev–Trinajstić information content (AvgIpc) is 2.73. The average molecular weight is 353 g/mol. The molecule has 7 heteroatoms. The Morgan fingerprint density at radius 1 is 1.48 bits per heavy atom. The Morgan fingerprint density at radius 2 is 2.19 bits per heavy atom. The SMILES string of the molecule is COc1cc(Cn2nc(C)c(Br)c2C)ccc1/C(N)=N/O. The summed E-state index contributed by atoms with van der Waals surface area (Å²) in [5, 5.41) is 16.2. The summed E-state index contributed by atoms with van der Waals surface area (Å²) in [4.78, 5) is 0. The zero-order valence-electron chi connectivity index (χ0n) is 12.1. The Bertz CT molecular complexity index is 695. The predicted octanol–water partition coefficient (Wildman–Crippen LogP) is 2.41. The van der Waals surface area contributed by atoms with Crippen molar-refractivity contribution in [2.75, 3.05) is 7.11 Å². The number of benzene rings is 1. The molecule has 21 heavy (non-hydrogen) atoms. The van der Waals surface area contributed by atoms with Gasteiger partial charge in [0.2, 0.25) is 0 Å². The molecule has 112 valence electrons. The normalized spacial score (nSPS) is 11.7. The van der Waals surface area contributed by atoms with Gasteiger partial charge in [0.25, 0.3) is 0 Å². The van der Waals surface area contributed by atoms with Crippen molar-refractivity contribution in [1.29, 1.82) is 0 Å². The summed E-state index contributed by atoms with van der Waals surface area (Å²) in [6, 6.07) is 5.53. The molecule has 0 bridgehead atoms. The van der Waals surface area contributed by atoms with Crippen LogP contribution in [0, 0.1) is 13.8 Å². The molecule has 0 saturated carbocycles. The minimum absolute atomic E-state index is 0.0206. The molecule has 0 atom stereocenters. The van der Waals surface area contributed by atoms with Crippen molar-refractivity contribution in [1.82, 2.24) is 9.78 Å². The van der Waals surface area contributed by atoms with Crippen molar-refractivity contribution >= 4 is 21.8 Å². The van der Waals surface area contributed by atoms with Gasteiger partial charge < -0.3 is 15.7 Å². The molecule has 0 aliphatic heterocycles. The molecule has 0 fully saturated rings. The van der Waals surface area contributed by atoms with Crippen molar-refractivity contribution in [2.45, 2.75) is 20.4 Å². The summed E-state index contributed by atoms with van der Waals surface area (Å²) in [5.41, 5.74) is 9.20. The zero-order valence-corrected chi connectivity index (χ0v) is 13.7. The molecule has 1 aromatic carbocycles. The van der Waals surface area contributed by atoms with Gasteiger partial charge in [0, 0.05) is 0 Å². The van der Waals surface area contributed by atoms with E-state index in [4.69, 9.17) is 15.7 Å². The van der Waals surface area contributed by atoms with E-state index < -0.39 is 0 Å². The monoisotopic (exact) mass is 352 g/mol. The van der Waals surface area contributed by atoms with E-state index in [0.29, 0.717) is 17.9 Å².